The molecule has 0 N–H and O–H groups in total. The zero-order valence-corrected chi connectivity index (χ0v) is 22.1. The van der Waals surface area contributed by atoms with Crippen LogP contribution in [0, 0.1) is 22.7 Å². The first kappa shape index (κ1) is 28.3. The summed E-state index contributed by atoms with van der Waals surface area (Å²) in [5.41, 5.74) is 4.05. The first-order chi connectivity index (χ1) is 17.6. The highest BCUT2D eigenvalue weighted by molar-refractivity contribution is 5.83. The van der Waals surface area contributed by atoms with Crippen molar-refractivity contribution >= 4 is 23.8 Å². The summed E-state index contributed by atoms with van der Waals surface area (Å²) in [6, 6.07) is 20.2. The van der Waals surface area contributed by atoms with Gasteiger partial charge in [0.2, 0.25) is 0 Å². The predicted molar refractivity (Wildman–Crippen MR) is 152 cm³/mol. The summed E-state index contributed by atoms with van der Waals surface area (Å²) in [4.78, 5) is 13.2. The van der Waals surface area contributed by atoms with Crippen molar-refractivity contribution in [1.29, 1.82) is 10.5 Å². The SMILES string of the molecule is CCCN(CCC)c1ccc(C=N/C(C#N)=C(\C#N)N=Cc2ccc(N(CCC)CCC)cc2)cc1. The second-order valence-corrected chi connectivity index (χ2v) is 8.59. The Morgan fingerprint density at radius 2 is 0.917 bits per heavy atom. The van der Waals surface area contributed by atoms with Crippen molar-refractivity contribution in [3.63, 3.8) is 0 Å². The number of nitriles is 2. The Bertz CT molecular complexity index is 997. The third kappa shape index (κ3) is 8.71. The lowest BCUT2D eigenvalue weighted by Gasteiger charge is -2.23. The van der Waals surface area contributed by atoms with Crippen molar-refractivity contribution in [3.8, 4) is 12.1 Å². The molecule has 0 aromatic heterocycles. The molecule has 0 radical (unpaired) electrons. The van der Waals surface area contributed by atoms with Crippen molar-refractivity contribution in [1.82, 2.24) is 0 Å². The largest absolute Gasteiger partial charge is 0.372 e. The molecule has 0 amide bonds. The summed E-state index contributed by atoms with van der Waals surface area (Å²) in [5.74, 6) is 0. The van der Waals surface area contributed by atoms with E-state index in [1.165, 1.54) is 11.4 Å². The van der Waals surface area contributed by atoms with Crippen molar-refractivity contribution in [3.05, 3.63) is 71.1 Å². The summed E-state index contributed by atoms with van der Waals surface area (Å²) in [6.45, 7) is 12.8. The van der Waals surface area contributed by atoms with Gasteiger partial charge in [0.05, 0.1) is 0 Å². The Morgan fingerprint density at radius 1 is 0.611 bits per heavy atom. The Kier molecular flexibility index (Phi) is 12.5. The van der Waals surface area contributed by atoms with Gasteiger partial charge in [0.1, 0.15) is 12.1 Å². The molecule has 188 valence electrons. The number of rotatable bonds is 14. The third-order valence-corrected chi connectivity index (χ3v) is 5.61. The topological polar surface area (TPSA) is 78.8 Å². The summed E-state index contributed by atoms with van der Waals surface area (Å²) in [7, 11) is 0. The van der Waals surface area contributed by atoms with Gasteiger partial charge in [-0.1, -0.05) is 52.0 Å². The molecule has 2 rings (SSSR count). The van der Waals surface area contributed by atoms with Gasteiger partial charge in [-0.05, 0) is 61.1 Å². The highest BCUT2D eigenvalue weighted by atomic mass is 15.1. The Labute approximate surface area is 216 Å². The van der Waals surface area contributed by atoms with E-state index in [0.29, 0.717) is 0 Å². The minimum atomic E-state index is -0.00916. The van der Waals surface area contributed by atoms with Crippen LogP contribution in [0.4, 0.5) is 11.4 Å². The van der Waals surface area contributed by atoms with Crippen LogP contribution in [0.2, 0.25) is 0 Å². The van der Waals surface area contributed by atoms with E-state index in [-0.39, 0.29) is 11.4 Å². The van der Waals surface area contributed by atoms with Crippen LogP contribution in [0.3, 0.4) is 0 Å². The lowest BCUT2D eigenvalue weighted by Crippen LogP contribution is -2.24. The van der Waals surface area contributed by atoms with E-state index in [1.807, 2.05) is 36.4 Å². The molecular formula is C30H38N6. The van der Waals surface area contributed by atoms with Crippen molar-refractivity contribution in [2.24, 2.45) is 9.98 Å². The summed E-state index contributed by atoms with van der Waals surface area (Å²) >= 11 is 0. The maximum Gasteiger partial charge on any atom is 0.176 e. The zero-order valence-electron chi connectivity index (χ0n) is 22.1. The van der Waals surface area contributed by atoms with Gasteiger partial charge < -0.3 is 9.80 Å². The fourth-order valence-corrected chi connectivity index (χ4v) is 3.93. The van der Waals surface area contributed by atoms with E-state index in [0.717, 1.165) is 63.0 Å². The third-order valence-electron chi connectivity index (χ3n) is 5.61. The monoisotopic (exact) mass is 482 g/mol. The lowest BCUT2D eigenvalue weighted by molar-refractivity contribution is 0.745. The average Bonchev–Trinajstić information content (AvgIpc) is 2.91. The fourth-order valence-electron chi connectivity index (χ4n) is 3.93. The van der Waals surface area contributed by atoms with Gasteiger partial charge in [-0.2, -0.15) is 10.5 Å². The minimum absolute atomic E-state index is 0.00916. The molecule has 0 saturated heterocycles. The van der Waals surface area contributed by atoms with Crippen LogP contribution in [-0.2, 0) is 0 Å². The molecule has 0 atom stereocenters. The Hall–Kier alpha value is -3.90. The molecule has 0 spiro atoms. The van der Waals surface area contributed by atoms with Gasteiger partial charge in [0.25, 0.3) is 0 Å². The number of hydrogen-bond donors (Lipinski definition) is 0. The van der Waals surface area contributed by atoms with Gasteiger partial charge in [-0.3, -0.25) is 0 Å². The van der Waals surface area contributed by atoms with E-state index in [9.17, 15) is 10.5 Å². The Balaban J connectivity index is 2.16. The van der Waals surface area contributed by atoms with Crippen LogP contribution in [0.1, 0.15) is 64.5 Å². The van der Waals surface area contributed by atoms with Gasteiger partial charge >= 0.3 is 0 Å². The molecule has 0 saturated carbocycles. The summed E-state index contributed by atoms with van der Waals surface area (Å²) in [5, 5.41) is 19.2. The van der Waals surface area contributed by atoms with E-state index < -0.39 is 0 Å². The normalized spacial score (nSPS) is 11.8. The highest BCUT2D eigenvalue weighted by Gasteiger charge is 2.06. The summed E-state index contributed by atoms with van der Waals surface area (Å²) < 4.78 is 0. The number of anilines is 2. The van der Waals surface area contributed by atoms with Crippen molar-refractivity contribution in [2.75, 3.05) is 36.0 Å². The maximum atomic E-state index is 9.58. The molecule has 0 aliphatic carbocycles. The van der Waals surface area contributed by atoms with Gasteiger partial charge in [-0.25, -0.2) is 9.98 Å². The summed E-state index contributed by atoms with van der Waals surface area (Å²) in [6.07, 6.45) is 7.58. The van der Waals surface area contributed by atoms with Crippen LogP contribution in [0.25, 0.3) is 0 Å². The van der Waals surface area contributed by atoms with Crippen LogP contribution in [0.5, 0.6) is 0 Å². The van der Waals surface area contributed by atoms with Crippen LogP contribution >= 0.6 is 0 Å². The van der Waals surface area contributed by atoms with E-state index in [4.69, 9.17) is 0 Å². The van der Waals surface area contributed by atoms with Gasteiger partial charge in [0.15, 0.2) is 11.4 Å². The van der Waals surface area contributed by atoms with Crippen LogP contribution in [0.15, 0.2) is 69.9 Å². The number of allylic oxidation sites excluding steroid dienone is 2. The number of hydrogen-bond acceptors (Lipinski definition) is 6. The van der Waals surface area contributed by atoms with Gasteiger partial charge in [0, 0.05) is 50.0 Å². The number of benzene rings is 2. The molecular weight excluding hydrogens is 444 g/mol. The molecule has 2 aromatic carbocycles. The van der Waals surface area contributed by atoms with Crippen LogP contribution in [-0.4, -0.2) is 38.6 Å². The fraction of sp³-hybridized carbons (Fsp3) is 0.400. The molecule has 0 fully saturated rings. The molecule has 0 aliphatic heterocycles. The highest BCUT2D eigenvalue weighted by Crippen LogP contribution is 2.17. The van der Waals surface area contributed by atoms with E-state index in [1.54, 1.807) is 12.4 Å². The van der Waals surface area contributed by atoms with Crippen LogP contribution < -0.4 is 9.80 Å². The first-order valence-electron chi connectivity index (χ1n) is 12.9. The lowest BCUT2D eigenvalue weighted by atomic mass is 10.2. The molecule has 2 aromatic rings. The quantitative estimate of drug-likeness (QED) is 0.221. The standard InChI is InChI=1S/C30H38N6/c1-5-17-35(18-6-2)27-13-9-25(10-14-27)23-33-29(21-31)30(22-32)34-24-26-11-15-28(16-12-26)36(19-7-3)20-8-4/h9-16,23-24H,5-8,17-20H2,1-4H3/b30-29+,33-23?,34-24?. The number of aliphatic imine (C=N–C) groups is 2. The molecule has 6 nitrogen and oxygen atoms in total. The Morgan fingerprint density at radius 3 is 1.17 bits per heavy atom. The molecule has 0 aliphatic rings. The average molecular weight is 483 g/mol. The number of nitrogens with zero attached hydrogens (tertiary/aromatic N) is 6. The smallest absolute Gasteiger partial charge is 0.176 e. The van der Waals surface area contributed by atoms with Crippen molar-refractivity contribution < 1.29 is 0 Å². The first-order valence-corrected chi connectivity index (χ1v) is 12.9. The maximum absolute atomic E-state index is 9.58. The minimum Gasteiger partial charge on any atom is -0.372 e. The predicted octanol–water partition coefficient (Wildman–Crippen LogP) is 6.74. The molecule has 6 heteroatoms. The zero-order chi connectivity index (χ0) is 26.2. The van der Waals surface area contributed by atoms with E-state index in [2.05, 4.69) is 71.7 Å². The second-order valence-electron chi connectivity index (χ2n) is 8.59. The molecule has 0 unspecified atom stereocenters. The molecule has 0 heterocycles. The molecule has 36 heavy (non-hydrogen) atoms. The van der Waals surface area contributed by atoms with Gasteiger partial charge in [-0.15, -0.1) is 0 Å². The second kappa shape index (κ2) is 15.9. The van der Waals surface area contributed by atoms with Crippen molar-refractivity contribution in [2.45, 2.75) is 53.4 Å². The van der Waals surface area contributed by atoms with E-state index >= 15 is 0 Å². The molecule has 0 bridgehead atoms.